The number of methoxy groups -OCH3 is 1. The Morgan fingerprint density at radius 3 is 2.28 bits per heavy atom. The number of hydrogen-bond acceptors (Lipinski definition) is 4. The predicted octanol–water partition coefficient (Wildman–Crippen LogP) is 3.81. The standard InChI is InChI=1S/C25H26N2O4S/c1-31-24-14-8-13-23(17-24)18-26-25(28)20-27(19-22-11-6-3-7-12-22)32(29,30)16-15-21-9-4-2-5-10-21/h2-17H,18-20H2,1H3,(H,26,28)/b16-15+. The summed E-state index contributed by atoms with van der Waals surface area (Å²) >= 11 is 0. The molecule has 3 aromatic carbocycles. The molecule has 7 heteroatoms. The lowest BCUT2D eigenvalue weighted by Gasteiger charge is -2.20. The highest BCUT2D eigenvalue weighted by atomic mass is 32.2. The predicted molar refractivity (Wildman–Crippen MR) is 126 cm³/mol. The second-order valence-corrected chi connectivity index (χ2v) is 8.96. The smallest absolute Gasteiger partial charge is 0.237 e. The molecule has 0 unspecified atom stereocenters. The van der Waals surface area contributed by atoms with Crippen molar-refractivity contribution in [3.63, 3.8) is 0 Å². The third kappa shape index (κ3) is 7.08. The molecule has 1 N–H and O–H groups in total. The van der Waals surface area contributed by atoms with Gasteiger partial charge in [0.05, 0.1) is 13.7 Å². The lowest BCUT2D eigenvalue weighted by Crippen LogP contribution is -2.39. The average molecular weight is 451 g/mol. The van der Waals surface area contributed by atoms with Crippen LogP contribution in [0.1, 0.15) is 16.7 Å². The van der Waals surface area contributed by atoms with Crippen LogP contribution >= 0.6 is 0 Å². The monoisotopic (exact) mass is 450 g/mol. The van der Waals surface area contributed by atoms with E-state index in [-0.39, 0.29) is 25.5 Å². The van der Waals surface area contributed by atoms with E-state index < -0.39 is 10.0 Å². The zero-order valence-corrected chi connectivity index (χ0v) is 18.7. The van der Waals surface area contributed by atoms with E-state index in [1.54, 1.807) is 7.11 Å². The Morgan fingerprint density at radius 1 is 0.938 bits per heavy atom. The summed E-state index contributed by atoms with van der Waals surface area (Å²) in [5.41, 5.74) is 2.42. The summed E-state index contributed by atoms with van der Waals surface area (Å²) < 4.78 is 32.5. The normalized spacial score (nSPS) is 11.6. The molecule has 6 nitrogen and oxygen atoms in total. The van der Waals surface area contributed by atoms with Gasteiger partial charge < -0.3 is 10.1 Å². The molecule has 0 heterocycles. The number of carbonyl (C=O) groups is 1. The van der Waals surface area contributed by atoms with E-state index in [1.807, 2.05) is 84.9 Å². The third-order valence-corrected chi connectivity index (χ3v) is 6.20. The molecule has 0 aliphatic rings. The molecule has 3 aromatic rings. The lowest BCUT2D eigenvalue weighted by atomic mass is 10.2. The molecular weight excluding hydrogens is 424 g/mol. The van der Waals surface area contributed by atoms with Crippen molar-refractivity contribution in [2.45, 2.75) is 13.1 Å². The Morgan fingerprint density at radius 2 is 1.59 bits per heavy atom. The van der Waals surface area contributed by atoms with Crippen molar-refractivity contribution in [3.05, 3.63) is 107 Å². The van der Waals surface area contributed by atoms with Crippen LogP contribution in [0.15, 0.2) is 90.3 Å². The summed E-state index contributed by atoms with van der Waals surface area (Å²) in [6.07, 6.45) is 1.53. The molecule has 0 atom stereocenters. The number of carbonyl (C=O) groups excluding carboxylic acids is 1. The third-order valence-electron chi connectivity index (χ3n) is 4.74. The first kappa shape index (κ1) is 23.2. The van der Waals surface area contributed by atoms with Gasteiger partial charge >= 0.3 is 0 Å². The Kier molecular flexibility index (Phi) is 8.19. The van der Waals surface area contributed by atoms with E-state index in [2.05, 4.69) is 5.32 Å². The van der Waals surface area contributed by atoms with Gasteiger partial charge in [-0.15, -0.1) is 0 Å². The number of rotatable bonds is 10. The summed E-state index contributed by atoms with van der Waals surface area (Å²) in [6.45, 7) is 0.0737. The van der Waals surface area contributed by atoms with Crippen LogP contribution in [0.25, 0.3) is 6.08 Å². The molecule has 3 rings (SSSR count). The number of sulfonamides is 1. The molecule has 0 radical (unpaired) electrons. The summed E-state index contributed by atoms with van der Waals surface area (Å²) in [5.74, 6) is 0.302. The van der Waals surface area contributed by atoms with Gasteiger partial charge in [-0.3, -0.25) is 4.79 Å². The van der Waals surface area contributed by atoms with Crippen LogP contribution in [-0.4, -0.2) is 32.3 Å². The summed E-state index contributed by atoms with van der Waals surface area (Å²) in [7, 11) is -2.26. The first-order valence-electron chi connectivity index (χ1n) is 10.1. The molecule has 0 aliphatic carbocycles. The van der Waals surface area contributed by atoms with E-state index in [9.17, 15) is 13.2 Å². The molecule has 0 saturated heterocycles. The Labute approximate surface area is 189 Å². The summed E-state index contributed by atoms with van der Waals surface area (Å²) in [5, 5.41) is 3.93. The van der Waals surface area contributed by atoms with Crippen molar-refractivity contribution in [1.29, 1.82) is 0 Å². The number of nitrogens with zero attached hydrogens (tertiary/aromatic N) is 1. The fourth-order valence-corrected chi connectivity index (χ4v) is 4.16. The topological polar surface area (TPSA) is 75.7 Å². The minimum Gasteiger partial charge on any atom is -0.497 e. The lowest BCUT2D eigenvalue weighted by molar-refractivity contribution is -0.121. The maximum absolute atomic E-state index is 13.0. The van der Waals surface area contributed by atoms with Crippen LogP contribution < -0.4 is 10.1 Å². The molecule has 0 aliphatic heterocycles. The van der Waals surface area contributed by atoms with Gasteiger partial charge in [-0.2, -0.15) is 4.31 Å². The van der Waals surface area contributed by atoms with Crippen molar-refractivity contribution >= 4 is 22.0 Å². The highest BCUT2D eigenvalue weighted by Gasteiger charge is 2.22. The Balaban J connectivity index is 1.73. The van der Waals surface area contributed by atoms with Gasteiger partial charge in [0, 0.05) is 18.5 Å². The number of ether oxygens (including phenoxy) is 1. The van der Waals surface area contributed by atoms with E-state index in [4.69, 9.17) is 4.74 Å². The molecule has 32 heavy (non-hydrogen) atoms. The van der Waals surface area contributed by atoms with Crippen molar-refractivity contribution < 1.29 is 17.9 Å². The van der Waals surface area contributed by atoms with Crippen molar-refractivity contribution in [2.75, 3.05) is 13.7 Å². The summed E-state index contributed by atoms with van der Waals surface area (Å²) in [6, 6.07) is 25.7. The minimum atomic E-state index is -3.84. The highest BCUT2D eigenvalue weighted by Crippen LogP contribution is 2.14. The maximum Gasteiger partial charge on any atom is 0.237 e. The van der Waals surface area contributed by atoms with Crippen molar-refractivity contribution in [2.24, 2.45) is 0 Å². The van der Waals surface area contributed by atoms with Crippen LogP contribution in [0.5, 0.6) is 5.75 Å². The van der Waals surface area contributed by atoms with Gasteiger partial charge in [-0.1, -0.05) is 72.8 Å². The minimum absolute atomic E-state index is 0.0921. The van der Waals surface area contributed by atoms with E-state index in [0.29, 0.717) is 5.75 Å². The molecule has 1 amide bonds. The summed E-state index contributed by atoms with van der Waals surface area (Å²) in [4.78, 5) is 12.6. The van der Waals surface area contributed by atoms with Gasteiger partial charge in [-0.25, -0.2) is 8.42 Å². The van der Waals surface area contributed by atoms with Gasteiger partial charge in [-0.05, 0) is 34.9 Å². The zero-order chi connectivity index (χ0) is 22.8. The molecular formula is C25H26N2O4S. The first-order valence-corrected chi connectivity index (χ1v) is 11.6. The van der Waals surface area contributed by atoms with Crippen molar-refractivity contribution in [3.8, 4) is 5.75 Å². The number of hydrogen-bond donors (Lipinski definition) is 1. The molecule has 0 aromatic heterocycles. The number of amides is 1. The van der Waals surface area contributed by atoms with Gasteiger partial charge in [0.25, 0.3) is 0 Å². The van der Waals surface area contributed by atoms with E-state index in [0.717, 1.165) is 22.1 Å². The maximum atomic E-state index is 13.0. The molecule has 166 valence electrons. The largest absolute Gasteiger partial charge is 0.497 e. The van der Waals surface area contributed by atoms with Crippen LogP contribution in [0, 0.1) is 0 Å². The van der Waals surface area contributed by atoms with E-state index >= 15 is 0 Å². The van der Waals surface area contributed by atoms with Crippen LogP contribution in [0.4, 0.5) is 0 Å². The van der Waals surface area contributed by atoms with E-state index in [1.165, 1.54) is 10.4 Å². The molecule has 0 spiro atoms. The van der Waals surface area contributed by atoms with Crippen LogP contribution in [0.3, 0.4) is 0 Å². The number of nitrogens with one attached hydrogen (secondary N) is 1. The Hall–Kier alpha value is -3.42. The fourth-order valence-electron chi connectivity index (χ4n) is 3.04. The quantitative estimate of drug-likeness (QED) is 0.510. The van der Waals surface area contributed by atoms with Crippen LogP contribution in [0.2, 0.25) is 0 Å². The van der Waals surface area contributed by atoms with Crippen LogP contribution in [-0.2, 0) is 27.9 Å². The average Bonchev–Trinajstić information content (AvgIpc) is 2.82. The second kappa shape index (κ2) is 11.3. The number of benzene rings is 3. The fraction of sp³-hybridized carbons (Fsp3) is 0.160. The second-order valence-electron chi connectivity index (χ2n) is 7.14. The molecule has 0 bridgehead atoms. The van der Waals surface area contributed by atoms with Gasteiger partial charge in [0.15, 0.2) is 0 Å². The highest BCUT2D eigenvalue weighted by molar-refractivity contribution is 7.92. The molecule has 0 fully saturated rings. The first-order chi connectivity index (χ1) is 15.5. The van der Waals surface area contributed by atoms with Gasteiger partial charge in [0.1, 0.15) is 5.75 Å². The SMILES string of the molecule is COc1cccc(CNC(=O)CN(Cc2ccccc2)S(=O)(=O)/C=C/c2ccccc2)c1. The zero-order valence-electron chi connectivity index (χ0n) is 17.8. The Bertz CT molecular complexity index is 1150. The van der Waals surface area contributed by atoms with Crippen molar-refractivity contribution in [1.82, 2.24) is 9.62 Å². The molecule has 0 saturated carbocycles. The van der Waals surface area contributed by atoms with Gasteiger partial charge in [0.2, 0.25) is 15.9 Å².